The normalized spacial score (nSPS) is 12.1. The van der Waals surface area contributed by atoms with Crippen molar-refractivity contribution in [3.8, 4) is 11.1 Å². The highest BCUT2D eigenvalue weighted by Gasteiger charge is 2.22. The molecule has 5 amide bonds. The number of nitrogens with one attached hydrogen (secondary N) is 4. The first-order valence-corrected chi connectivity index (χ1v) is 13.0. The van der Waals surface area contributed by atoms with Crippen molar-refractivity contribution in [2.75, 3.05) is 18.8 Å². The minimum atomic E-state index is -1.11. The van der Waals surface area contributed by atoms with Crippen molar-refractivity contribution in [2.45, 2.75) is 38.3 Å². The van der Waals surface area contributed by atoms with Crippen LogP contribution in [0.1, 0.15) is 37.8 Å². The number of nitrogen functional groups attached to an aromatic ring is 1. The molecule has 2 atom stereocenters. The summed E-state index contributed by atoms with van der Waals surface area (Å²) in [6.45, 7) is 1.04. The molecule has 0 aromatic heterocycles. The van der Waals surface area contributed by atoms with Gasteiger partial charge in [-0.3, -0.25) is 19.2 Å². The van der Waals surface area contributed by atoms with Gasteiger partial charge in [-0.15, -0.1) is 0 Å². The number of hydrogen-bond donors (Lipinski definition) is 7. The number of benzene rings is 3. The summed E-state index contributed by atoms with van der Waals surface area (Å²) in [5.74, 6) is -2.74. The molecule has 1 unspecified atom stereocenters. The van der Waals surface area contributed by atoms with Gasteiger partial charge in [0, 0.05) is 24.5 Å². The van der Waals surface area contributed by atoms with Gasteiger partial charge in [-0.1, -0.05) is 54.6 Å². The molecule has 0 radical (unpaired) electrons. The Morgan fingerprint density at radius 3 is 2.20 bits per heavy atom. The van der Waals surface area contributed by atoms with Crippen LogP contribution in [0.4, 0.5) is 10.5 Å². The molecule has 0 aliphatic carbocycles. The number of amides is 5. The molecular formula is C29H34N6O6. The Bertz CT molecular complexity index is 1430. The summed E-state index contributed by atoms with van der Waals surface area (Å²) >= 11 is 0. The van der Waals surface area contributed by atoms with Gasteiger partial charge in [-0.2, -0.15) is 0 Å². The van der Waals surface area contributed by atoms with Crippen LogP contribution in [-0.4, -0.2) is 54.0 Å². The maximum atomic E-state index is 12.7. The molecule has 0 aliphatic heterocycles. The molecule has 0 heterocycles. The topological polar surface area (TPSA) is 206 Å². The molecule has 12 heteroatoms. The Balaban J connectivity index is 1.66. The van der Waals surface area contributed by atoms with E-state index in [1.807, 2.05) is 48.5 Å². The molecule has 9 N–H and O–H groups in total. The fourth-order valence-electron chi connectivity index (χ4n) is 4.46. The smallest absolute Gasteiger partial charge is 0.312 e. The number of carbonyl (C=O) groups excluding carboxylic acids is 4. The van der Waals surface area contributed by atoms with Gasteiger partial charge in [0.1, 0.15) is 6.04 Å². The van der Waals surface area contributed by atoms with E-state index in [2.05, 4.69) is 21.3 Å². The van der Waals surface area contributed by atoms with E-state index in [0.29, 0.717) is 17.7 Å². The second-order valence-corrected chi connectivity index (χ2v) is 9.49. The lowest BCUT2D eigenvalue weighted by molar-refractivity contribution is -0.138. The average molecular weight is 563 g/mol. The van der Waals surface area contributed by atoms with Crippen molar-refractivity contribution >= 4 is 46.2 Å². The fourth-order valence-corrected chi connectivity index (χ4v) is 4.46. The molecule has 0 spiro atoms. The number of carboxylic acids is 1. The molecule has 3 aromatic rings. The van der Waals surface area contributed by atoms with Crippen molar-refractivity contribution < 1.29 is 29.1 Å². The zero-order valence-corrected chi connectivity index (χ0v) is 22.6. The third-order valence-electron chi connectivity index (χ3n) is 6.38. The van der Waals surface area contributed by atoms with E-state index in [0.717, 1.165) is 21.9 Å². The van der Waals surface area contributed by atoms with E-state index in [1.165, 1.54) is 6.92 Å². The lowest BCUT2D eigenvalue weighted by Gasteiger charge is -2.20. The SMILES string of the molecule is CC(=O)NC(CCCNC(N)=O)C(=O)NCC(=O)N[C@@H](CC(=O)O)c1ccc(-c2ccc(N)c3ccccc23)cc1. The Labute approximate surface area is 236 Å². The minimum absolute atomic E-state index is 0.199. The molecule has 0 aliphatic rings. The highest BCUT2D eigenvalue weighted by Crippen LogP contribution is 2.32. The third-order valence-corrected chi connectivity index (χ3v) is 6.38. The van der Waals surface area contributed by atoms with E-state index in [4.69, 9.17) is 11.5 Å². The summed E-state index contributed by atoms with van der Waals surface area (Å²) in [6, 6.07) is 16.2. The molecular weight excluding hydrogens is 528 g/mol. The number of urea groups is 1. The van der Waals surface area contributed by atoms with Crippen molar-refractivity contribution in [1.82, 2.24) is 21.3 Å². The van der Waals surface area contributed by atoms with Gasteiger partial charge in [-0.05, 0) is 41.0 Å². The van der Waals surface area contributed by atoms with E-state index >= 15 is 0 Å². The van der Waals surface area contributed by atoms with Crippen LogP contribution in [0.3, 0.4) is 0 Å². The number of primary amides is 1. The van der Waals surface area contributed by atoms with Crippen LogP contribution in [0.15, 0.2) is 60.7 Å². The van der Waals surface area contributed by atoms with E-state index < -0.39 is 48.4 Å². The molecule has 0 saturated carbocycles. The van der Waals surface area contributed by atoms with Gasteiger partial charge in [0.25, 0.3) is 0 Å². The number of nitrogens with two attached hydrogens (primary N) is 2. The van der Waals surface area contributed by atoms with Gasteiger partial charge < -0.3 is 37.8 Å². The molecule has 41 heavy (non-hydrogen) atoms. The standard InChI is InChI=1S/C29H34N6O6/c1-17(36)34-24(7-4-14-32-29(31)41)28(40)33-16-26(37)35-25(15-27(38)39)19-10-8-18(9-11-19)20-12-13-23(30)22-6-3-2-5-21(20)22/h2-3,5-6,8-13,24-25H,4,7,14-16,30H2,1H3,(H,33,40)(H,34,36)(H,35,37)(H,38,39)(H3,31,32,41)/t24?,25-/m0/s1. The maximum Gasteiger partial charge on any atom is 0.312 e. The van der Waals surface area contributed by atoms with Gasteiger partial charge in [-0.25, -0.2) is 4.79 Å². The summed E-state index contributed by atoms with van der Waals surface area (Å²) in [4.78, 5) is 59.2. The minimum Gasteiger partial charge on any atom is -0.481 e. The first-order chi connectivity index (χ1) is 19.5. The van der Waals surface area contributed by atoms with E-state index in [1.54, 1.807) is 12.1 Å². The molecule has 3 aromatic carbocycles. The van der Waals surface area contributed by atoms with Crippen molar-refractivity contribution in [3.05, 3.63) is 66.2 Å². The molecule has 0 bridgehead atoms. The summed E-state index contributed by atoms with van der Waals surface area (Å²) in [7, 11) is 0. The Hall–Kier alpha value is -5.13. The highest BCUT2D eigenvalue weighted by molar-refractivity contribution is 6.02. The van der Waals surface area contributed by atoms with E-state index in [9.17, 15) is 29.1 Å². The predicted octanol–water partition coefficient (Wildman–Crippen LogP) is 1.79. The summed E-state index contributed by atoms with van der Waals surface area (Å²) in [6.07, 6.45) is 0.187. The molecule has 12 nitrogen and oxygen atoms in total. The number of hydrogen-bond acceptors (Lipinski definition) is 6. The Morgan fingerprint density at radius 2 is 1.56 bits per heavy atom. The number of anilines is 1. The van der Waals surface area contributed by atoms with Crippen molar-refractivity contribution in [2.24, 2.45) is 5.73 Å². The van der Waals surface area contributed by atoms with Crippen LogP contribution in [0.5, 0.6) is 0 Å². The molecule has 216 valence electrons. The zero-order valence-electron chi connectivity index (χ0n) is 22.6. The van der Waals surface area contributed by atoms with Gasteiger partial charge in [0.2, 0.25) is 17.7 Å². The Morgan fingerprint density at radius 1 is 0.878 bits per heavy atom. The summed E-state index contributed by atoms with van der Waals surface area (Å²) < 4.78 is 0. The van der Waals surface area contributed by atoms with E-state index in [-0.39, 0.29) is 19.4 Å². The number of fused-ring (bicyclic) bond motifs is 1. The van der Waals surface area contributed by atoms with Gasteiger partial charge >= 0.3 is 12.0 Å². The quantitative estimate of drug-likeness (QED) is 0.121. The lowest BCUT2D eigenvalue weighted by Crippen LogP contribution is -2.49. The predicted molar refractivity (Wildman–Crippen MR) is 154 cm³/mol. The number of aliphatic carboxylic acids is 1. The van der Waals surface area contributed by atoms with Crippen LogP contribution < -0.4 is 32.7 Å². The zero-order chi connectivity index (χ0) is 29.9. The second kappa shape index (κ2) is 14.3. The average Bonchev–Trinajstić information content (AvgIpc) is 2.93. The number of rotatable bonds is 13. The van der Waals surface area contributed by atoms with Gasteiger partial charge in [0.15, 0.2) is 0 Å². The van der Waals surface area contributed by atoms with Crippen LogP contribution in [0, 0.1) is 0 Å². The fraction of sp³-hybridized carbons (Fsp3) is 0.276. The van der Waals surface area contributed by atoms with Crippen molar-refractivity contribution in [3.63, 3.8) is 0 Å². The first-order valence-electron chi connectivity index (χ1n) is 13.0. The van der Waals surface area contributed by atoms with Crippen LogP contribution in [0.2, 0.25) is 0 Å². The maximum absolute atomic E-state index is 12.7. The lowest BCUT2D eigenvalue weighted by atomic mass is 9.95. The summed E-state index contributed by atoms with van der Waals surface area (Å²) in [5.41, 5.74) is 14.2. The molecule has 3 rings (SSSR count). The number of carbonyl (C=O) groups is 5. The first kappa shape index (κ1) is 30.4. The molecule has 0 saturated heterocycles. The summed E-state index contributed by atoms with van der Waals surface area (Å²) in [5, 5.41) is 21.4. The van der Waals surface area contributed by atoms with Gasteiger partial charge in [0.05, 0.1) is 19.0 Å². The highest BCUT2D eigenvalue weighted by atomic mass is 16.4. The Kier molecular flexibility index (Phi) is 10.6. The largest absolute Gasteiger partial charge is 0.481 e. The van der Waals surface area contributed by atoms with Crippen molar-refractivity contribution in [1.29, 1.82) is 0 Å². The van der Waals surface area contributed by atoms with Crippen LogP contribution in [-0.2, 0) is 19.2 Å². The third kappa shape index (κ3) is 8.95. The monoisotopic (exact) mass is 562 g/mol. The van der Waals surface area contributed by atoms with Crippen LogP contribution in [0.25, 0.3) is 21.9 Å². The number of carboxylic acid groups (broad SMARTS) is 1. The second-order valence-electron chi connectivity index (χ2n) is 9.49. The van der Waals surface area contributed by atoms with Crippen LogP contribution >= 0.6 is 0 Å². The molecule has 0 fully saturated rings.